The Morgan fingerprint density at radius 2 is 1.68 bits per heavy atom. The highest BCUT2D eigenvalue weighted by Crippen LogP contribution is 2.29. The number of rotatable bonds is 5. The highest BCUT2D eigenvalue weighted by atomic mass is 32.1. The second kappa shape index (κ2) is 7.52. The number of aromatic nitrogens is 4. The summed E-state index contributed by atoms with van der Waals surface area (Å²) in [4.78, 5) is 20.9. The predicted molar refractivity (Wildman–Crippen MR) is 114 cm³/mol. The summed E-state index contributed by atoms with van der Waals surface area (Å²) in [6, 6.07) is 12.0. The van der Waals surface area contributed by atoms with E-state index >= 15 is 0 Å². The molecule has 28 heavy (non-hydrogen) atoms. The van der Waals surface area contributed by atoms with Crippen molar-refractivity contribution in [1.29, 1.82) is 0 Å². The molecule has 0 saturated carbocycles. The molecule has 3 aromatic heterocycles. The van der Waals surface area contributed by atoms with E-state index in [0.717, 1.165) is 52.0 Å². The number of para-hydroxylation sites is 2. The third-order valence-electron chi connectivity index (χ3n) is 4.87. The quantitative estimate of drug-likeness (QED) is 0.548. The third-order valence-corrected chi connectivity index (χ3v) is 5.81. The van der Waals surface area contributed by atoms with Gasteiger partial charge in [0, 0.05) is 36.4 Å². The van der Waals surface area contributed by atoms with E-state index in [1.165, 1.54) is 12.8 Å². The SMILES string of the molecule is c1ccc2nc(N3CCCC3)c(NCc3csc(-c4ccncc4)n3)nc2c1. The van der Waals surface area contributed by atoms with Crippen molar-refractivity contribution in [2.24, 2.45) is 0 Å². The molecule has 4 heterocycles. The van der Waals surface area contributed by atoms with Gasteiger partial charge in [-0.2, -0.15) is 0 Å². The summed E-state index contributed by atoms with van der Waals surface area (Å²) < 4.78 is 0. The van der Waals surface area contributed by atoms with Crippen molar-refractivity contribution in [2.45, 2.75) is 19.4 Å². The standard InChI is InChI=1S/C21H20N6S/c1-2-6-18-17(5-1)25-19(20(26-18)27-11-3-4-12-27)23-13-16-14-28-21(24-16)15-7-9-22-10-8-15/h1-2,5-10,14H,3-4,11-13H2,(H,23,25). The monoisotopic (exact) mass is 388 g/mol. The molecule has 1 aliphatic heterocycles. The molecule has 0 spiro atoms. The van der Waals surface area contributed by atoms with Crippen LogP contribution in [0.1, 0.15) is 18.5 Å². The zero-order chi connectivity index (χ0) is 18.8. The Hall–Kier alpha value is -3.06. The molecule has 0 unspecified atom stereocenters. The van der Waals surface area contributed by atoms with Gasteiger partial charge in [-0.3, -0.25) is 4.98 Å². The van der Waals surface area contributed by atoms with Gasteiger partial charge in [0.1, 0.15) is 5.01 Å². The molecule has 140 valence electrons. The zero-order valence-electron chi connectivity index (χ0n) is 15.4. The van der Waals surface area contributed by atoms with E-state index in [0.29, 0.717) is 6.54 Å². The van der Waals surface area contributed by atoms with Crippen LogP contribution in [0.15, 0.2) is 54.2 Å². The van der Waals surface area contributed by atoms with E-state index in [1.807, 2.05) is 36.4 Å². The minimum Gasteiger partial charge on any atom is -0.361 e. The molecule has 1 saturated heterocycles. The molecule has 6 nitrogen and oxygen atoms in total. The number of pyridine rings is 1. The fourth-order valence-electron chi connectivity index (χ4n) is 3.45. The fraction of sp³-hybridized carbons (Fsp3) is 0.238. The molecule has 4 aromatic rings. The van der Waals surface area contributed by atoms with Crippen molar-refractivity contribution in [3.63, 3.8) is 0 Å². The predicted octanol–water partition coefficient (Wildman–Crippen LogP) is 4.36. The number of nitrogens with zero attached hydrogens (tertiary/aromatic N) is 5. The van der Waals surface area contributed by atoms with E-state index in [9.17, 15) is 0 Å². The van der Waals surface area contributed by atoms with Gasteiger partial charge in [0.25, 0.3) is 0 Å². The van der Waals surface area contributed by atoms with E-state index in [4.69, 9.17) is 15.0 Å². The van der Waals surface area contributed by atoms with E-state index in [1.54, 1.807) is 23.7 Å². The van der Waals surface area contributed by atoms with Crippen molar-refractivity contribution < 1.29 is 0 Å². The summed E-state index contributed by atoms with van der Waals surface area (Å²) in [5.41, 5.74) is 3.93. The second-order valence-corrected chi connectivity index (χ2v) is 7.67. The molecular weight excluding hydrogens is 368 g/mol. The van der Waals surface area contributed by atoms with E-state index in [-0.39, 0.29) is 0 Å². The van der Waals surface area contributed by atoms with Gasteiger partial charge in [-0.15, -0.1) is 11.3 Å². The van der Waals surface area contributed by atoms with Crippen LogP contribution in [0.5, 0.6) is 0 Å². The van der Waals surface area contributed by atoms with Gasteiger partial charge in [-0.05, 0) is 37.1 Å². The first-order valence-corrected chi connectivity index (χ1v) is 10.4. The van der Waals surface area contributed by atoms with Crippen LogP contribution >= 0.6 is 11.3 Å². The van der Waals surface area contributed by atoms with Crippen LogP contribution in [0.25, 0.3) is 21.6 Å². The first-order chi connectivity index (χ1) is 13.9. The van der Waals surface area contributed by atoms with Crippen LogP contribution < -0.4 is 10.2 Å². The Morgan fingerprint density at radius 1 is 0.929 bits per heavy atom. The van der Waals surface area contributed by atoms with Crippen molar-refractivity contribution in [2.75, 3.05) is 23.3 Å². The van der Waals surface area contributed by atoms with Crippen molar-refractivity contribution in [1.82, 2.24) is 19.9 Å². The largest absolute Gasteiger partial charge is 0.361 e. The van der Waals surface area contributed by atoms with Gasteiger partial charge in [0.2, 0.25) is 0 Å². The molecular formula is C21H20N6S. The fourth-order valence-corrected chi connectivity index (χ4v) is 4.27. The highest BCUT2D eigenvalue weighted by Gasteiger charge is 2.19. The van der Waals surface area contributed by atoms with Crippen LogP contribution in [-0.2, 0) is 6.54 Å². The number of nitrogens with one attached hydrogen (secondary N) is 1. The Balaban J connectivity index is 1.41. The van der Waals surface area contributed by atoms with Crippen molar-refractivity contribution in [3.8, 4) is 10.6 Å². The second-order valence-electron chi connectivity index (χ2n) is 6.81. The summed E-state index contributed by atoms with van der Waals surface area (Å²) in [5, 5.41) is 6.57. The molecule has 5 rings (SSSR count). The number of fused-ring (bicyclic) bond motifs is 1. The molecule has 1 fully saturated rings. The molecule has 1 N–H and O–H groups in total. The topological polar surface area (TPSA) is 66.8 Å². The van der Waals surface area contributed by atoms with Crippen LogP contribution in [-0.4, -0.2) is 33.0 Å². The van der Waals surface area contributed by atoms with Gasteiger partial charge < -0.3 is 10.2 Å². The number of hydrogen-bond acceptors (Lipinski definition) is 7. The first kappa shape index (κ1) is 17.1. The lowest BCUT2D eigenvalue weighted by Gasteiger charge is -2.20. The molecule has 1 aliphatic rings. The molecule has 7 heteroatoms. The van der Waals surface area contributed by atoms with Crippen molar-refractivity contribution in [3.05, 3.63) is 59.9 Å². The molecule has 0 bridgehead atoms. The average Bonchev–Trinajstić information content (AvgIpc) is 3.44. The number of benzene rings is 1. The van der Waals surface area contributed by atoms with Gasteiger partial charge in [0.15, 0.2) is 11.6 Å². The van der Waals surface area contributed by atoms with Crippen LogP contribution in [0, 0.1) is 0 Å². The normalized spacial score (nSPS) is 13.9. The summed E-state index contributed by atoms with van der Waals surface area (Å²) in [6.07, 6.45) is 5.99. The Bertz CT molecular complexity index is 1090. The molecule has 0 radical (unpaired) electrons. The maximum atomic E-state index is 4.90. The molecule has 1 aromatic carbocycles. The highest BCUT2D eigenvalue weighted by molar-refractivity contribution is 7.13. The maximum Gasteiger partial charge on any atom is 0.172 e. The Kier molecular flexibility index (Phi) is 4.58. The smallest absolute Gasteiger partial charge is 0.172 e. The summed E-state index contributed by atoms with van der Waals surface area (Å²) in [7, 11) is 0. The van der Waals surface area contributed by atoms with Gasteiger partial charge in [-0.1, -0.05) is 12.1 Å². The zero-order valence-corrected chi connectivity index (χ0v) is 16.2. The van der Waals surface area contributed by atoms with E-state index < -0.39 is 0 Å². The summed E-state index contributed by atoms with van der Waals surface area (Å²) in [6.45, 7) is 2.69. The lowest BCUT2D eigenvalue weighted by Crippen LogP contribution is -2.21. The van der Waals surface area contributed by atoms with Gasteiger partial charge in [-0.25, -0.2) is 15.0 Å². The van der Waals surface area contributed by atoms with Crippen molar-refractivity contribution >= 4 is 34.0 Å². The average molecular weight is 389 g/mol. The summed E-state index contributed by atoms with van der Waals surface area (Å²) in [5.74, 6) is 1.78. The van der Waals surface area contributed by atoms with Crippen LogP contribution in [0.3, 0.4) is 0 Å². The van der Waals surface area contributed by atoms with Gasteiger partial charge in [0.05, 0.1) is 23.3 Å². The lowest BCUT2D eigenvalue weighted by molar-refractivity contribution is 0.930. The first-order valence-electron chi connectivity index (χ1n) is 9.47. The van der Waals surface area contributed by atoms with Gasteiger partial charge >= 0.3 is 0 Å². The minimum atomic E-state index is 0.620. The number of anilines is 2. The minimum absolute atomic E-state index is 0.620. The van der Waals surface area contributed by atoms with Crippen LogP contribution in [0.4, 0.5) is 11.6 Å². The molecule has 0 aliphatic carbocycles. The van der Waals surface area contributed by atoms with E-state index in [2.05, 4.69) is 20.6 Å². The number of hydrogen-bond donors (Lipinski definition) is 1. The summed E-state index contributed by atoms with van der Waals surface area (Å²) >= 11 is 1.64. The lowest BCUT2D eigenvalue weighted by atomic mass is 10.3. The Labute approximate surface area is 167 Å². The van der Waals surface area contributed by atoms with Crippen LogP contribution in [0.2, 0.25) is 0 Å². The molecule has 0 atom stereocenters. The third kappa shape index (κ3) is 3.41. The maximum absolute atomic E-state index is 4.90. The number of thiazole rings is 1. The molecule has 0 amide bonds. The Morgan fingerprint density at radius 3 is 2.46 bits per heavy atom.